The summed E-state index contributed by atoms with van der Waals surface area (Å²) in [6, 6.07) is 0. The Bertz CT molecular complexity index is 151. The molecule has 0 N–H and O–H groups in total. The smallest absolute Gasteiger partial charge is 0.244 e. The Labute approximate surface area is 56.4 Å². The topological polar surface area (TPSA) is 26.3 Å². The summed E-state index contributed by atoms with van der Waals surface area (Å²) in [6.45, 7) is 8.64. The molecule has 0 aromatic rings. The van der Waals surface area contributed by atoms with E-state index in [0.29, 0.717) is 11.9 Å². The van der Waals surface area contributed by atoms with E-state index in [1.807, 2.05) is 6.92 Å². The van der Waals surface area contributed by atoms with Gasteiger partial charge < -0.3 is 4.52 Å². The van der Waals surface area contributed by atoms with Crippen LogP contribution in [0.4, 0.5) is 0 Å². The molecular formula is C6H13O2P. The van der Waals surface area contributed by atoms with Crippen LogP contribution in [0.5, 0.6) is 0 Å². The zero-order chi connectivity index (χ0) is 7.49. The van der Waals surface area contributed by atoms with Gasteiger partial charge in [-0.25, -0.2) is 0 Å². The average Bonchev–Trinajstić information content (AvgIpc) is 1.63. The summed E-state index contributed by atoms with van der Waals surface area (Å²) in [5.41, 5.74) is 0. The van der Waals surface area contributed by atoms with E-state index in [9.17, 15) is 4.57 Å². The van der Waals surface area contributed by atoms with Gasteiger partial charge in [0.2, 0.25) is 7.37 Å². The van der Waals surface area contributed by atoms with Crippen LogP contribution in [0.1, 0.15) is 13.8 Å². The molecule has 0 saturated heterocycles. The van der Waals surface area contributed by atoms with Crippen molar-refractivity contribution in [2.75, 3.05) is 12.8 Å². The molecule has 9 heavy (non-hydrogen) atoms. The van der Waals surface area contributed by atoms with Gasteiger partial charge >= 0.3 is 0 Å². The second-order valence-electron chi connectivity index (χ2n) is 2.12. The minimum Gasteiger partial charge on any atom is -0.448 e. The van der Waals surface area contributed by atoms with Crippen LogP contribution in [0.3, 0.4) is 0 Å². The van der Waals surface area contributed by atoms with E-state index in [-0.39, 0.29) is 0 Å². The van der Waals surface area contributed by atoms with Gasteiger partial charge in [-0.3, -0.25) is 4.57 Å². The molecule has 0 aliphatic heterocycles. The highest BCUT2D eigenvalue weighted by atomic mass is 31.2. The van der Waals surface area contributed by atoms with Gasteiger partial charge in [0.1, 0.15) is 0 Å². The van der Waals surface area contributed by atoms with Crippen molar-refractivity contribution >= 4 is 7.37 Å². The molecule has 54 valence electrons. The number of hydrogen-bond donors (Lipinski definition) is 0. The van der Waals surface area contributed by atoms with E-state index in [0.717, 1.165) is 0 Å². The lowest BCUT2D eigenvalue weighted by atomic mass is 10.7. The van der Waals surface area contributed by atoms with Crippen molar-refractivity contribution in [2.24, 2.45) is 0 Å². The summed E-state index contributed by atoms with van der Waals surface area (Å²) in [5.74, 6) is 0.530. The molecule has 0 spiro atoms. The summed E-state index contributed by atoms with van der Waals surface area (Å²) < 4.78 is 16.1. The summed E-state index contributed by atoms with van der Waals surface area (Å²) in [4.78, 5) is 0. The minimum atomic E-state index is -2.33. The predicted molar refractivity (Wildman–Crippen MR) is 40.0 cm³/mol. The molecule has 0 radical (unpaired) electrons. The third-order valence-corrected chi connectivity index (χ3v) is 2.77. The Morgan fingerprint density at radius 1 is 1.78 bits per heavy atom. The first-order chi connectivity index (χ1) is 3.98. The quantitative estimate of drug-likeness (QED) is 0.454. The molecule has 0 bridgehead atoms. The average molecular weight is 148 g/mol. The highest BCUT2D eigenvalue weighted by Gasteiger charge is 2.11. The standard InChI is InChI=1S/C6H13O2P/c1-5-9(4,7)8-6(2)3/h2,5H2,1,3-4H3. The molecule has 0 amide bonds. The van der Waals surface area contributed by atoms with Crippen molar-refractivity contribution in [1.29, 1.82) is 0 Å². The molecule has 0 aromatic heterocycles. The summed E-state index contributed by atoms with van der Waals surface area (Å²) >= 11 is 0. The molecule has 0 saturated carbocycles. The second kappa shape index (κ2) is 3.07. The van der Waals surface area contributed by atoms with Crippen molar-refractivity contribution in [3.05, 3.63) is 12.3 Å². The SMILES string of the molecule is C=C(C)OP(C)(=O)CC. The van der Waals surface area contributed by atoms with Crippen LogP contribution < -0.4 is 0 Å². The molecule has 0 fully saturated rings. The lowest BCUT2D eigenvalue weighted by Gasteiger charge is -2.11. The van der Waals surface area contributed by atoms with Crippen molar-refractivity contribution in [1.82, 2.24) is 0 Å². The first kappa shape index (κ1) is 8.77. The Morgan fingerprint density at radius 3 is 2.33 bits per heavy atom. The van der Waals surface area contributed by atoms with Crippen LogP contribution in [0.2, 0.25) is 0 Å². The van der Waals surface area contributed by atoms with Gasteiger partial charge in [-0.1, -0.05) is 13.5 Å². The van der Waals surface area contributed by atoms with Crippen molar-refractivity contribution in [2.45, 2.75) is 13.8 Å². The Morgan fingerprint density at radius 2 is 2.22 bits per heavy atom. The number of allylic oxidation sites excluding steroid dienone is 1. The van der Waals surface area contributed by atoms with E-state index in [2.05, 4.69) is 6.58 Å². The Hall–Kier alpha value is -0.230. The van der Waals surface area contributed by atoms with Crippen LogP contribution >= 0.6 is 7.37 Å². The Kier molecular flexibility index (Phi) is 2.99. The van der Waals surface area contributed by atoms with Gasteiger partial charge in [0.15, 0.2) is 0 Å². The zero-order valence-electron chi connectivity index (χ0n) is 6.18. The van der Waals surface area contributed by atoms with Crippen LogP contribution in [-0.2, 0) is 9.09 Å². The second-order valence-corrected chi connectivity index (χ2v) is 4.97. The number of rotatable bonds is 3. The fourth-order valence-electron chi connectivity index (χ4n) is 0.394. The first-order valence-corrected chi connectivity index (χ1v) is 5.15. The fraction of sp³-hybridized carbons (Fsp3) is 0.667. The van der Waals surface area contributed by atoms with Gasteiger partial charge in [-0.05, 0) is 6.92 Å². The predicted octanol–water partition coefficient (Wildman–Crippen LogP) is 2.46. The Balaban J connectivity index is 3.88. The van der Waals surface area contributed by atoms with E-state index in [1.165, 1.54) is 0 Å². The maximum absolute atomic E-state index is 11.1. The normalized spacial score (nSPS) is 16.3. The fourth-order valence-corrected chi connectivity index (χ4v) is 1.18. The molecule has 0 aliphatic rings. The van der Waals surface area contributed by atoms with E-state index in [1.54, 1.807) is 13.6 Å². The first-order valence-electron chi connectivity index (χ1n) is 2.89. The third kappa shape index (κ3) is 4.28. The van der Waals surface area contributed by atoms with Crippen molar-refractivity contribution < 1.29 is 9.09 Å². The van der Waals surface area contributed by atoms with Gasteiger partial charge in [-0.2, -0.15) is 0 Å². The van der Waals surface area contributed by atoms with E-state index < -0.39 is 7.37 Å². The largest absolute Gasteiger partial charge is 0.448 e. The monoisotopic (exact) mass is 148 g/mol. The summed E-state index contributed by atoms with van der Waals surface area (Å²) in [7, 11) is -2.33. The van der Waals surface area contributed by atoms with Crippen LogP contribution in [0, 0.1) is 0 Å². The lowest BCUT2D eigenvalue weighted by molar-refractivity contribution is 0.412. The molecule has 0 aliphatic carbocycles. The third-order valence-electron chi connectivity index (χ3n) is 0.923. The highest BCUT2D eigenvalue weighted by Crippen LogP contribution is 2.43. The number of hydrogen-bond acceptors (Lipinski definition) is 2. The van der Waals surface area contributed by atoms with Crippen molar-refractivity contribution in [3.8, 4) is 0 Å². The molecule has 0 rings (SSSR count). The molecule has 2 nitrogen and oxygen atoms in total. The van der Waals surface area contributed by atoms with Crippen molar-refractivity contribution in [3.63, 3.8) is 0 Å². The molecular weight excluding hydrogens is 135 g/mol. The highest BCUT2D eigenvalue weighted by molar-refractivity contribution is 7.58. The van der Waals surface area contributed by atoms with Crippen LogP contribution in [-0.4, -0.2) is 12.8 Å². The zero-order valence-corrected chi connectivity index (χ0v) is 7.07. The molecule has 3 heteroatoms. The minimum absolute atomic E-state index is 0.530. The summed E-state index contributed by atoms with van der Waals surface area (Å²) in [5, 5.41) is 0. The maximum atomic E-state index is 11.1. The van der Waals surface area contributed by atoms with E-state index >= 15 is 0 Å². The van der Waals surface area contributed by atoms with Gasteiger partial charge in [-0.15, -0.1) is 0 Å². The van der Waals surface area contributed by atoms with Crippen LogP contribution in [0.15, 0.2) is 12.3 Å². The van der Waals surface area contributed by atoms with Gasteiger partial charge in [0.05, 0.1) is 5.76 Å². The molecule has 1 unspecified atom stereocenters. The lowest BCUT2D eigenvalue weighted by Crippen LogP contribution is -1.87. The van der Waals surface area contributed by atoms with E-state index in [4.69, 9.17) is 4.52 Å². The van der Waals surface area contributed by atoms with Crippen LogP contribution in [0.25, 0.3) is 0 Å². The van der Waals surface area contributed by atoms with Gasteiger partial charge in [0, 0.05) is 12.8 Å². The molecule has 1 atom stereocenters. The summed E-state index contributed by atoms with van der Waals surface area (Å²) in [6.07, 6.45) is 0.569. The molecule has 0 aromatic carbocycles. The maximum Gasteiger partial charge on any atom is 0.244 e. The molecule has 0 heterocycles. The van der Waals surface area contributed by atoms with Gasteiger partial charge in [0.25, 0.3) is 0 Å².